The Morgan fingerprint density at radius 1 is 0.767 bits per heavy atom. The first-order valence-corrected chi connectivity index (χ1v) is 23.6. The van der Waals surface area contributed by atoms with Crippen LogP contribution in [0.15, 0.2) is 119 Å². The van der Waals surface area contributed by atoms with Gasteiger partial charge in [0.05, 0.1) is 27.9 Å². The number of hydrogen-bond donors (Lipinski definition) is 1. The monoisotopic (exact) mass is 911 g/mol. The topological polar surface area (TPSA) is 165 Å². The number of nitrogens with zero attached hydrogens (tertiary/aromatic N) is 7. The first-order valence-electron chi connectivity index (χ1n) is 18.6. The largest absolute Gasteiger partial charge is 0.383 e. The van der Waals surface area contributed by atoms with E-state index in [0.29, 0.717) is 60.5 Å². The number of anilines is 5. The van der Waals surface area contributed by atoms with Gasteiger partial charge in [0.2, 0.25) is 5.91 Å². The van der Waals surface area contributed by atoms with Crippen LogP contribution in [0.5, 0.6) is 0 Å². The van der Waals surface area contributed by atoms with E-state index in [0.717, 1.165) is 11.3 Å². The number of aliphatic hydroxyl groups is 1. The minimum absolute atomic E-state index is 0.0787. The highest BCUT2D eigenvalue weighted by atomic mass is 35.5. The van der Waals surface area contributed by atoms with Crippen LogP contribution >= 0.6 is 34.3 Å². The summed E-state index contributed by atoms with van der Waals surface area (Å²) in [7, 11) is -7.64. The molecular weight excluding hydrogens is 873 g/mol. The van der Waals surface area contributed by atoms with Crippen molar-refractivity contribution >= 4 is 93.5 Å². The first kappa shape index (κ1) is 42.9. The summed E-state index contributed by atoms with van der Waals surface area (Å²) < 4.78 is 68.5. The number of amides is 2. The van der Waals surface area contributed by atoms with E-state index >= 15 is 0 Å². The van der Waals surface area contributed by atoms with Gasteiger partial charge >= 0.3 is 0 Å². The summed E-state index contributed by atoms with van der Waals surface area (Å²) in [5.74, 6) is -0.903. The van der Waals surface area contributed by atoms with Crippen LogP contribution in [-0.2, 0) is 36.1 Å². The fraction of sp³-hybridized carbons (Fsp3) is 0.250. The summed E-state index contributed by atoms with van der Waals surface area (Å²) in [6, 6.07) is 15.0. The molecule has 2 saturated heterocycles. The van der Waals surface area contributed by atoms with E-state index in [2.05, 4.69) is 23.1 Å². The molecule has 20 heteroatoms. The summed E-state index contributed by atoms with van der Waals surface area (Å²) >= 11 is 8.59. The molecule has 0 bridgehead atoms. The Bertz CT molecular complexity index is 2600. The van der Waals surface area contributed by atoms with Gasteiger partial charge in [0.15, 0.2) is 10.3 Å². The maximum absolute atomic E-state index is 13.8. The van der Waals surface area contributed by atoms with Crippen molar-refractivity contribution in [3.8, 4) is 0 Å². The van der Waals surface area contributed by atoms with Gasteiger partial charge in [-0.3, -0.25) is 9.59 Å². The lowest BCUT2D eigenvalue weighted by atomic mass is 10.1. The normalized spacial score (nSPS) is 17.7. The van der Waals surface area contributed by atoms with Gasteiger partial charge in [0.25, 0.3) is 26.0 Å². The molecule has 0 saturated carbocycles. The van der Waals surface area contributed by atoms with Crippen LogP contribution in [0.4, 0.5) is 31.7 Å². The van der Waals surface area contributed by atoms with Crippen LogP contribution in [-0.4, -0.2) is 88.6 Å². The van der Waals surface area contributed by atoms with Crippen molar-refractivity contribution in [2.45, 2.75) is 41.2 Å². The molecule has 0 spiro atoms. The van der Waals surface area contributed by atoms with Crippen LogP contribution in [0.25, 0.3) is 0 Å². The van der Waals surface area contributed by atoms with E-state index in [1.165, 1.54) is 78.7 Å². The number of halogens is 2. The van der Waals surface area contributed by atoms with E-state index in [1.807, 2.05) is 4.90 Å². The van der Waals surface area contributed by atoms with Crippen molar-refractivity contribution in [2.75, 3.05) is 56.0 Å². The molecule has 314 valence electrons. The second-order valence-electron chi connectivity index (χ2n) is 13.7. The summed E-state index contributed by atoms with van der Waals surface area (Å²) in [6.07, 6.45) is 6.66. The minimum atomic E-state index is -3.85. The van der Waals surface area contributed by atoms with Crippen LogP contribution < -0.4 is 23.3 Å². The Balaban J connectivity index is 0.000000192. The summed E-state index contributed by atoms with van der Waals surface area (Å²) in [6.45, 7) is 8.95. The number of carbonyl (C=O) groups excluding carboxylic acids is 2. The van der Waals surface area contributed by atoms with E-state index in [4.69, 9.17) is 11.6 Å². The molecule has 8 rings (SSSR count). The van der Waals surface area contributed by atoms with E-state index < -0.39 is 32.0 Å². The van der Waals surface area contributed by atoms with Crippen LogP contribution in [0, 0.1) is 5.82 Å². The molecule has 5 aromatic rings. The number of thiazole rings is 2. The van der Waals surface area contributed by atoms with Gasteiger partial charge in [-0.15, -0.1) is 35.8 Å². The number of rotatable bonds is 13. The first-order chi connectivity index (χ1) is 28.8. The number of sulfonamides is 2. The molecule has 60 heavy (non-hydrogen) atoms. The SMILES string of the molecule is C=CCN(c1nccs1)S(=O)(=O)c1ccc(N2CC[C@@H](O)C2=O)cc1.C=CCN(c1nccs1)S(=O)(=O)c1ccc(N2CC[C@H](N3CCc4c3ccc(F)c4Cl)C2=O)cc1. The molecule has 0 unspecified atom stereocenters. The van der Waals surface area contributed by atoms with Crippen molar-refractivity contribution in [1.82, 2.24) is 9.97 Å². The molecule has 0 aliphatic carbocycles. The highest BCUT2D eigenvalue weighted by Gasteiger charge is 2.40. The number of benzene rings is 3. The maximum Gasteiger partial charge on any atom is 0.266 e. The predicted octanol–water partition coefficient (Wildman–Crippen LogP) is 6.11. The van der Waals surface area contributed by atoms with Crippen LogP contribution in [0.2, 0.25) is 5.02 Å². The lowest BCUT2D eigenvalue weighted by Crippen LogP contribution is -2.41. The second-order valence-corrected chi connectivity index (χ2v) is 19.5. The Morgan fingerprint density at radius 3 is 1.72 bits per heavy atom. The van der Waals surface area contributed by atoms with Crippen molar-refractivity contribution in [1.29, 1.82) is 0 Å². The molecule has 3 aromatic carbocycles. The fourth-order valence-corrected chi connectivity index (χ4v) is 12.0. The smallest absolute Gasteiger partial charge is 0.266 e. The van der Waals surface area contributed by atoms with Gasteiger partial charge in [-0.25, -0.2) is 39.8 Å². The van der Waals surface area contributed by atoms with Gasteiger partial charge < -0.3 is 19.8 Å². The molecule has 14 nitrogen and oxygen atoms in total. The Labute approximate surface area is 360 Å². The van der Waals surface area contributed by atoms with Gasteiger partial charge in [0.1, 0.15) is 18.0 Å². The Morgan fingerprint density at radius 2 is 1.27 bits per heavy atom. The van der Waals surface area contributed by atoms with Crippen LogP contribution in [0.1, 0.15) is 18.4 Å². The standard InChI is InChI=1S/C24H22ClFN4O3S2.C16H17N3O4S2/c1-2-12-30(24-27-11-15-34-24)35(32,33)17-5-3-16(4-6-17)28-14-10-21(23(28)31)29-13-9-18-20(29)8-7-19(26)22(18)25;1-2-9-19(16-17-8-11-24-16)25(22,23)13-5-3-12(4-6-13)18-10-7-14(20)15(18)21/h2-8,11,15,21H,1,9-10,12-14H2;2-6,8,11,14,20H,1,7,9-10H2/t21-;14-/m01/s1. The summed E-state index contributed by atoms with van der Waals surface area (Å²) in [5, 5.41) is 13.8. The highest BCUT2D eigenvalue weighted by molar-refractivity contribution is 7.93. The molecule has 2 atom stereocenters. The predicted molar refractivity (Wildman–Crippen MR) is 233 cm³/mol. The third kappa shape index (κ3) is 8.29. The average Bonchev–Trinajstić information content (AvgIpc) is 4.11. The molecule has 2 aromatic heterocycles. The van der Waals surface area contributed by atoms with Gasteiger partial charge in [-0.05, 0) is 79.1 Å². The third-order valence-electron chi connectivity index (χ3n) is 10.1. The van der Waals surface area contributed by atoms with Gasteiger partial charge in [-0.1, -0.05) is 23.8 Å². The Kier molecular flexibility index (Phi) is 12.7. The van der Waals surface area contributed by atoms with Crippen LogP contribution in [0.3, 0.4) is 0 Å². The van der Waals surface area contributed by atoms with E-state index in [9.17, 15) is 35.9 Å². The van der Waals surface area contributed by atoms with Gasteiger partial charge in [0, 0.05) is 66.3 Å². The molecule has 2 fully saturated rings. The Hall–Kier alpha value is -5.18. The zero-order valence-electron chi connectivity index (χ0n) is 31.9. The lowest BCUT2D eigenvalue weighted by Gasteiger charge is -2.26. The zero-order valence-corrected chi connectivity index (χ0v) is 35.9. The molecular formula is C40H39ClFN7O7S4. The van der Waals surface area contributed by atoms with Gasteiger partial charge in [-0.2, -0.15) is 0 Å². The second kappa shape index (κ2) is 17.8. The summed E-state index contributed by atoms with van der Waals surface area (Å²) in [4.78, 5) is 38.7. The number of fused-ring (bicyclic) bond motifs is 1. The highest BCUT2D eigenvalue weighted by Crippen LogP contribution is 2.39. The molecule has 5 heterocycles. The molecule has 0 radical (unpaired) electrons. The molecule has 1 N–H and O–H groups in total. The number of aliphatic hydroxyl groups excluding tert-OH is 1. The number of hydrogen-bond acceptors (Lipinski definition) is 12. The number of carbonyl (C=O) groups is 2. The molecule has 3 aliphatic rings. The minimum Gasteiger partial charge on any atom is -0.383 e. The van der Waals surface area contributed by atoms with Crippen molar-refractivity contribution in [2.24, 2.45) is 0 Å². The fourth-order valence-electron chi connectivity index (χ4n) is 7.22. The van der Waals surface area contributed by atoms with Crippen molar-refractivity contribution in [3.05, 3.63) is 126 Å². The molecule has 2 amide bonds. The quantitative estimate of drug-likeness (QED) is 0.137. The maximum atomic E-state index is 13.8. The number of aromatic nitrogens is 2. The molecule has 3 aliphatic heterocycles. The van der Waals surface area contributed by atoms with E-state index in [-0.39, 0.29) is 45.8 Å². The zero-order chi connectivity index (χ0) is 42.8. The van der Waals surface area contributed by atoms with Crippen molar-refractivity contribution in [3.63, 3.8) is 0 Å². The van der Waals surface area contributed by atoms with Crippen molar-refractivity contribution < 1.29 is 35.9 Å². The summed E-state index contributed by atoms with van der Waals surface area (Å²) in [5.41, 5.74) is 2.71. The van der Waals surface area contributed by atoms with E-state index in [1.54, 1.807) is 58.4 Å². The average molecular weight is 913 g/mol. The third-order valence-corrected chi connectivity index (χ3v) is 15.9. The lowest BCUT2D eigenvalue weighted by molar-refractivity contribution is -0.124.